The van der Waals surface area contributed by atoms with Crippen LogP contribution in [-0.4, -0.2) is 52.4 Å². The van der Waals surface area contributed by atoms with E-state index in [-0.39, 0.29) is 5.03 Å². The van der Waals surface area contributed by atoms with E-state index in [4.69, 9.17) is 0 Å². The minimum atomic E-state index is -3.45. The van der Waals surface area contributed by atoms with Gasteiger partial charge in [0.25, 0.3) is 10.0 Å². The second-order valence-electron chi connectivity index (χ2n) is 7.46. The van der Waals surface area contributed by atoms with Gasteiger partial charge in [-0.1, -0.05) is 0 Å². The van der Waals surface area contributed by atoms with E-state index < -0.39 is 10.0 Å². The zero-order valence-electron chi connectivity index (χ0n) is 14.3. The molecule has 0 spiro atoms. The smallest absolute Gasteiger partial charge is 0.268 e. The highest BCUT2D eigenvalue weighted by molar-refractivity contribution is 7.97. The Hall–Kier alpha value is -0.0600. The summed E-state index contributed by atoms with van der Waals surface area (Å²) in [7, 11) is 1.39. The predicted octanol–water partition coefficient (Wildman–Crippen LogP) is 2.78. The summed E-state index contributed by atoms with van der Waals surface area (Å²) >= 11 is 0. The average Bonchev–Trinajstić information content (AvgIpc) is 3.36. The lowest BCUT2D eigenvalue weighted by molar-refractivity contribution is 0.381. The van der Waals surface area contributed by atoms with Crippen LogP contribution in [0.1, 0.15) is 50.3 Å². The van der Waals surface area contributed by atoms with Gasteiger partial charge in [0, 0.05) is 12.6 Å². The van der Waals surface area contributed by atoms with Crippen molar-refractivity contribution in [3.8, 4) is 0 Å². The molecule has 0 aromatic carbocycles. The molecule has 0 amide bonds. The highest BCUT2D eigenvalue weighted by Crippen LogP contribution is 2.54. The second kappa shape index (κ2) is 6.59. The van der Waals surface area contributed by atoms with E-state index in [1.807, 2.05) is 24.8 Å². The first-order valence-corrected chi connectivity index (χ1v) is 12.2. The molecule has 3 saturated carbocycles. The lowest BCUT2D eigenvalue weighted by atomic mass is 10.4. The monoisotopic (exact) mass is 388 g/mol. The Morgan fingerprint density at radius 2 is 1.71 bits per heavy atom. The van der Waals surface area contributed by atoms with Crippen LogP contribution in [0.3, 0.4) is 0 Å². The summed E-state index contributed by atoms with van der Waals surface area (Å²) in [5.74, 6) is 0. The standard InChI is InChI=1S/C15H26N4O2P2S/c1-17(2)10-12-9-15(16-18(12)11-3-4-11)24(20,21)19(22-13-5-6-13)23-14-7-8-14/h9,11,13-14,22-23H,3-8,10H2,1-2H3. The van der Waals surface area contributed by atoms with Crippen molar-refractivity contribution in [2.75, 3.05) is 14.1 Å². The van der Waals surface area contributed by atoms with Crippen molar-refractivity contribution in [3.05, 3.63) is 11.8 Å². The highest BCUT2D eigenvalue weighted by atomic mass is 32.2. The van der Waals surface area contributed by atoms with Gasteiger partial charge < -0.3 is 4.90 Å². The van der Waals surface area contributed by atoms with Gasteiger partial charge in [0.2, 0.25) is 0 Å². The molecular formula is C15H26N4O2P2S. The molecular weight excluding hydrogens is 362 g/mol. The topological polar surface area (TPSA) is 58.4 Å². The van der Waals surface area contributed by atoms with Crippen molar-refractivity contribution in [1.82, 2.24) is 18.5 Å². The van der Waals surface area contributed by atoms with Crippen molar-refractivity contribution in [3.63, 3.8) is 0 Å². The van der Waals surface area contributed by atoms with E-state index >= 15 is 0 Å². The third-order valence-corrected chi connectivity index (χ3v) is 10.8. The molecule has 2 unspecified atom stereocenters. The molecule has 2 atom stereocenters. The van der Waals surface area contributed by atoms with Crippen LogP contribution in [0.4, 0.5) is 0 Å². The summed E-state index contributed by atoms with van der Waals surface area (Å²) in [5, 5.41) is 4.81. The average molecular weight is 388 g/mol. The van der Waals surface area contributed by atoms with Gasteiger partial charge in [-0.3, -0.25) is 4.68 Å². The quantitative estimate of drug-likeness (QED) is 0.611. The third-order valence-electron chi connectivity index (χ3n) is 4.42. The van der Waals surface area contributed by atoms with Gasteiger partial charge in [0.05, 0.1) is 11.7 Å². The molecule has 3 aliphatic rings. The normalized spacial score (nSPS) is 22.8. The lowest BCUT2D eigenvalue weighted by Crippen LogP contribution is -2.18. The summed E-state index contributed by atoms with van der Waals surface area (Å²) < 4.78 is 30.2. The summed E-state index contributed by atoms with van der Waals surface area (Å²) in [6.07, 6.45) is 6.95. The molecule has 0 saturated heterocycles. The van der Waals surface area contributed by atoms with Gasteiger partial charge in [0.15, 0.2) is 5.03 Å². The lowest BCUT2D eigenvalue weighted by Gasteiger charge is -2.20. The van der Waals surface area contributed by atoms with Gasteiger partial charge in [0.1, 0.15) is 0 Å². The fraction of sp³-hybridized carbons (Fsp3) is 0.800. The molecule has 0 aliphatic heterocycles. The highest BCUT2D eigenvalue weighted by Gasteiger charge is 2.38. The Balaban J connectivity index is 1.61. The van der Waals surface area contributed by atoms with E-state index in [1.165, 1.54) is 25.7 Å². The molecule has 1 aromatic heterocycles. The number of hydrogen-bond acceptors (Lipinski definition) is 4. The molecule has 1 aromatic rings. The first-order chi connectivity index (χ1) is 11.4. The van der Waals surface area contributed by atoms with Gasteiger partial charge in [-0.25, -0.2) is 8.42 Å². The molecule has 24 heavy (non-hydrogen) atoms. The molecule has 1 heterocycles. The summed E-state index contributed by atoms with van der Waals surface area (Å²) in [5.41, 5.74) is 2.21. The molecule has 9 heteroatoms. The number of aromatic nitrogens is 2. The van der Waals surface area contributed by atoms with Gasteiger partial charge in [-0.2, -0.15) is 8.94 Å². The third kappa shape index (κ3) is 4.02. The Morgan fingerprint density at radius 1 is 1.12 bits per heavy atom. The summed E-state index contributed by atoms with van der Waals surface area (Å²) in [4.78, 5) is 2.07. The van der Waals surface area contributed by atoms with E-state index in [9.17, 15) is 8.42 Å². The first-order valence-electron chi connectivity index (χ1n) is 8.74. The van der Waals surface area contributed by atoms with Crippen LogP contribution < -0.4 is 0 Å². The van der Waals surface area contributed by atoms with Crippen molar-refractivity contribution in [2.24, 2.45) is 0 Å². The zero-order valence-corrected chi connectivity index (χ0v) is 17.1. The molecule has 4 rings (SSSR count). The summed E-state index contributed by atoms with van der Waals surface area (Å²) in [6, 6.07) is 2.21. The van der Waals surface area contributed by atoms with Crippen LogP contribution in [0, 0.1) is 0 Å². The molecule has 0 N–H and O–H groups in total. The van der Waals surface area contributed by atoms with Gasteiger partial charge >= 0.3 is 0 Å². The molecule has 3 fully saturated rings. The van der Waals surface area contributed by atoms with Crippen LogP contribution in [-0.2, 0) is 16.6 Å². The van der Waals surface area contributed by atoms with E-state index in [2.05, 4.69) is 10.00 Å². The van der Waals surface area contributed by atoms with Crippen LogP contribution in [0.15, 0.2) is 11.1 Å². The Morgan fingerprint density at radius 3 is 2.17 bits per heavy atom. The fourth-order valence-electron chi connectivity index (χ4n) is 2.64. The molecule has 3 aliphatic carbocycles. The van der Waals surface area contributed by atoms with Crippen molar-refractivity contribution in [1.29, 1.82) is 0 Å². The van der Waals surface area contributed by atoms with Crippen molar-refractivity contribution < 1.29 is 8.42 Å². The maximum atomic E-state index is 13.2. The second-order valence-corrected chi connectivity index (χ2v) is 13.3. The largest absolute Gasteiger partial charge is 0.304 e. The molecule has 0 radical (unpaired) electrons. The first kappa shape index (κ1) is 17.4. The Kier molecular flexibility index (Phi) is 4.77. The van der Waals surface area contributed by atoms with E-state index in [0.29, 0.717) is 34.8 Å². The van der Waals surface area contributed by atoms with Crippen molar-refractivity contribution >= 4 is 27.5 Å². The van der Waals surface area contributed by atoms with E-state index in [0.717, 1.165) is 25.1 Å². The van der Waals surface area contributed by atoms with E-state index in [1.54, 1.807) is 3.85 Å². The Bertz CT molecular complexity index is 695. The fourth-order valence-corrected chi connectivity index (χ4v) is 8.77. The van der Waals surface area contributed by atoms with Gasteiger partial charge in [-0.05, 0) is 81.4 Å². The SMILES string of the molecule is CN(C)Cc1cc(S(=O)(=O)N(PC2CC2)PC2CC2)nn1C1CC1. The molecule has 6 nitrogen and oxygen atoms in total. The minimum absolute atomic E-state index is 0.271. The van der Waals surface area contributed by atoms with Gasteiger partial charge in [-0.15, -0.1) is 0 Å². The maximum absolute atomic E-state index is 13.2. The zero-order chi connectivity index (χ0) is 16.9. The summed E-state index contributed by atoms with van der Waals surface area (Å²) in [6.45, 7) is 0.731. The van der Waals surface area contributed by atoms with Crippen LogP contribution in [0.5, 0.6) is 0 Å². The molecule has 0 bridgehead atoms. The Labute approximate surface area is 148 Å². The maximum Gasteiger partial charge on any atom is 0.268 e. The predicted molar refractivity (Wildman–Crippen MR) is 99.6 cm³/mol. The number of sulfonamides is 1. The van der Waals surface area contributed by atoms with Crippen LogP contribution in [0.25, 0.3) is 0 Å². The van der Waals surface area contributed by atoms with Crippen molar-refractivity contribution in [2.45, 2.75) is 67.5 Å². The number of hydrogen-bond donors (Lipinski definition) is 0. The number of nitrogens with zero attached hydrogens (tertiary/aromatic N) is 4. The van der Waals surface area contributed by atoms with Crippen LogP contribution >= 0.6 is 17.5 Å². The van der Waals surface area contributed by atoms with Crippen LogP contribution in [0.2, 0.25) is 0 Å². The molecule has 134 valence electrons. The number of rotatable bonds is 9. The minimum Gasteiger partial charge on any atom is -0.304 e.